The molecular formula is C11H24N2. The van der Waals surface area contributed by atoms with Gasteiger partial charge in [-0.15, -0.1) is 0 Å². The molecule has 1 rings (SSSR count). The molecule has 13 heavy (non-hydrogen) atoms. The number of hydrogen-bond donors (Lipinski definition) is 1. The molecular weight excluding hydrogens is 160 g/mol. The SMILES string of the molecule is CC(C)C(N)CN(C)C1CCCC1. The van der Waals surface area contributed by atoms with Gasteiger partial charge in [0, 0.05) is 18.6 Å². The normalized spacial score (nSPS) is 21.7. The van der Waals surface area contributed by atoms with Crippen molar-refractivity contribution in [3.05, 3.63) is 0 Å². The van der Waals surface area contributed by atoms with E-state index in [0.717, 1.165) is 12.6 Å². The topological polar surface area (TPSA) is 29.3 Å². The molecule has 1 aliphatic carbocycles. The molecule has 1 saturated carbocycles. The molecule has 2 nitrogen and oxygen atoms in total. The van der Waals surface area contributed by atoms with Crippen LogP contribution in [-0.4, -0.2) is 30.6 Å². The van der Waals surface area contributed by atoms with Crippen molar-refractivity contribution in [2.75, 3.05) is 13.6 Å². The van der Waals surface area contributed by atoms with Gasteiger partial charge in [0.05, 0.1) is 0 Å². The number of rotatable bonds is 4. The van der Waals surface area contributed by atoms with E-state index < -0.39 is 0 Å². The van der Waals surface area contributed by atoms with E-state index >= 15 is 0 Å². The largest absolute Gasteiger partial charge is 0.326 e. The van der Waals surface area contributed by atoms with Crippen LogP contribution in [0.5, 0.6) is 0 Å². The fourth-order valence-corrected chi connectivity index (χ4v) is 2.04. The van der Waals surface area contributed by atoms with Gasteiger partial charge in [0.15, 0.2) is 0 Å². The zero-order valence-electron chi connectivity index (χ0n) is 9.29. The Hall–Kier alpha value is -0.0800. The third-order valence-corrected chi connectivity index (χ3v) is 3.30. The average Bonchev–Trinajstić information content (AvgIpc) is 2.55. The minimum Gasteiger partial charge on any atom is -0.326 e. The highest BCUT2D eigenvalue weighted by molar-refractivity contribution is 4.78. The van der Waals surface area contributed by atoms with E-state index in [4.69, 9.17) is 5.73 Å². The number of likely N-dealkylation sites (N-methyl/N-ethyl adjacent to an activating group) is 1. The van der Waals surface area contributed by atoms with Crippen molar-refractivity contribution in [1.29, 1.82) is 0 Å². The van der Waals surface area contributed by atoms with Crippen LogP contribution in [0.1, 0.15) is 39.5 Å². The Kier molecular flexibility index (Phi) is 4.20. The highest BCUT2D eigenvalue weighted by Crippen LogP contribution is 2.22. The second kappa shape index (κ2) is 4.97. The molecule has 0 heterocycles. The van der Waals surface area contributed by atoms with Crippen LogP contribution in [0.25, 0.3) is 0 Å². The Labute approximate surface area is 82.5 Å². The molecule has 1 unspecified atom stereocenters. The first-order chi connectivity index (χ1) is 6.11. The predicted molar refractivity (Wildman–Crippen MR) is 57.7 cm³/mol. The molecule has 1 atom stereocenters. The van der Waals surface area contributed by atoms with E-state index in [1.54, 1.807) is 0 Å². The fourth-order valence-electron chi connectivity index (χ4n) is 2.04. The molecule has 2 N–H and O–H groups in total. The molecule has 1 aliphatic rings. The zero-order chi connectivity index (χ0) is 9.84. The first kappa shape index (κ1) is 11.0. The quantitative estimate of drug-likeness (QED) is 0.722. The van der Waals surface area contributed by atoms with Crippen LogP contribution in [-0.2, 0) is 0 Å². The van der Waals surface area contributed by atoms with Gasteiger partial charge in [0.2, 0.25) is 0 Å². The molecule has 0 radical (unpaired) electrons. The smallest absolute Gasteiger partial charge is 0.0191 e. The van der Waals surface area contributed by atoms with Crippen LogP contribution in [0.2, 0.25) is 0 Å². The van der Waals surface area contributed by atoms with Gasteiger partial charge in [0.1, 0.15) is 0 Å². The molecule has 0 spiro atoms. The van der Waals surface area contributed by atoms with Crippen LogP contribution in [0, 0.1) is 5.92 Å². The van der Waals surface area contributed by atoms with Crippen LogP contribution in [0.4, 0.5) is 0 Å². The summed E-state index contributed by atoms with van der Waals surface area (Å²) in [4.78, 5) is 2.46. The molecule has 0 amide bonds. The standard InChI is InChI=1S/C11H24N2/c1-9(2)11(12)8-13(3)10-6-4-5-7-10/h9-11H,4-8,12H2,1-3H3. The van der Waals surface area contributed by atoms with Crippen molar-refractivity contribution in [2.45, 2.75) is 51.6 Å². The Morgan fingerprint density at radius 2 is 1.85 bits per heavy atom. The second-order valence-electron chi connectivity index (χ2n) is 4.79. The van der Waals surface area contributed by atoms with E-state index in [-0.39, 0.29) is 0 Å². The second-order valence-corrected chi connectivity index (χ2v) is 4.79. The summed E-state index contributed by atoms with van der Waals surface area (Å²) in [5.74, 6) is 0.601. The molecule has 0 aromatic carbocycles. The van der Waals surface area contributed by atoms with Crippen molar-refractivity contribution in [3.8, 4) is 0 Å². The first-order valence-electron chi connectivity index (χ1n) is 5.57. The van der Waals surface area contributed by atoms with E-state index in [9.17, 15) is 0 Å². The third kappa shape index (κ3) is 3.28. The van der Waals surface area contributed by atoms with Crippen molar-refractivity contribution in [3.63, 3.8) is 0 Å². The number of nitrogens with two attached hydrogens (primary N) is 1. The summed E-state index contributed by atoms with van der Waals surface area (Å²) >= 11 is 0. The molecule has 1 fully saturated rings. The summed E-state index contributed by atoms with van der Waals surface area (Å²) in [5.41, 5.74) is 6.04. The summed E-state index contributed by atoms with van der Waals surface area (Å²) in [5, 5.41) is 0. The number of hydrogen-bond acceptors (Lipinski definition) is 2. The van der Waals surface area contributed by atoms with Gasteiger partial charge in [-0.1, -0.05) is 26.7 Å². The maximum absolute atomic E-state index is 6.04. The summed E-state index contributed by atoms with van der Waals surface area (Å²) in [7, 11) is 2.22. The summed E-state index contributed by atoms with van der Waals surface area (Å²) in [6.07, 6.45) is 5.57. The van der Waals surface area contributed by atoms with E-state index in [2.05, 4.69) is 25.8 Å². The Bertz CT molecular complexity index is 139. The lowest BCUT2D eigenvalue weighted by atomic mass is 10.0. The van der Waals surface area contributed by atoms with Gasteiger partial charge in [0.25, 0.3) is 0 Å². The van der Waals surface area contributed by atoms with Gasteiger partial charge in [-0.3, -0.25) is 0 Å². The van der Waals surface area contributed by atoms with Crippen LogP contribution in [0.15, 0.2) is 0 Å². The van der Waals surface area contributed by atoms with Crippen molar-refractivity contribution in [2.24, 2.45) is 11.7 Å². The first-order valence-corrected chi connectivity index (χ1v) is 5.57. The lowest BCUT2D eigenvalue weighted by Crippen LogP contribution is -2.42. The highest BCUT2D eigenvalue weighted by atomic mass is 15.1. The van der Waals surface area contributed by atoms with E-state index in [1.165, 1.54) is 25.7 Å². The lowest BCUT2D eigenvalue weighted by Gasteiger charge is -2.28. The Morgan fingerprint density at radius 1 is 1.31 bits per heavy atom. The van der Waals surface area contributed by atoms with Crippen LogP contribution < -0.4 is 5.73 Å². The Balaban J connectivity index is 2.26. The van der Waals surface area contributed by atoms with E-state index in [1.807, 2.05) is 0 Å². The minimum absolute atomic E-state index is 0.339. The van der Waals surface area contributed by atoms with Gasteiger partial charge < -0.3 is 10.6 Å². The molecule has 2 heteroatoms. The fraction of sp³-hybridized carbons (Fsp3) is 1.00. The molecule has 0 bridgehead atoms. The molecule has 0 saturated heterocycles. The van der Waals surface area contributed by atoms with Crippen molar-refractivity contribution in [1.82, 2.24) is 4.90 Å². The molecule has 0 aromatic rings. The zero-order valence-corrected chi connectivity index (χ0v) is 9.29. The van der Waals surface area contributed by atoms with Gasteiger partial charge in [-0.05, 0) is 25.8 Å². The lowest BCUT2D eigenvalue weighted by molar-refractivity contribution is 0.215. The van der Waals surface area contributed by atoms with Crippen LogP contribution >= 0.6 is 0 Å². The maximum atomic E-state index is 6.04. The van der Waals surface area contributed by atoms with Gasteiger partial charge in [-0.2, -0.15) is 0 Å². The summed E-state index contributed by atoms with van der Waals surface area (Å²) in [6, 6.07) is 1.15. The van der Waals surface area contributed by atoms with Crippen LogP contribution in [0.3, 0.4) is 0 Å². The van der Waals surface area contributed by atoms with E-state index in [0.29, 0.717) is 12.0 Å². The third-order valence-electron chi connectivity index (χ3n) is 3.30. The molecule has 0 aromatic heterocycles. The number of nitrogens with zero attached hydrogens (tertiary/aromatic N) is 1. The summed E-state index contributed by atoms with van der Waals surface area (Å²) in [6.45, 7) is 5.46. The average molecular weight is 184 g/mol. The molecule has 78 valence electrons. The summed E-state index contributed by atoms with van der Waals surface area (Å²) < 4.78 is 0. The van der Waals surface area contributed by atoms with Crippen molar-refractivity contribution >= 4 is 0 Å². The minimum atomic E-state index is 0.339. The van der Waals surface area contributed by atoms with Crippen molar-refractivity contribution < 1.29 is 0 Å². The highest BCUT2D eigenvalue weighted by Gasteiger charge is 2.21. The monoisotopic (exact) mass is 184 g/mol. The predicted octanol–water partition coefficient (Wildman–Crippen LogP) is 1.84. The Morgan fingerprint density at radius 3 is 2.31 bits per heavy atom. The van der Waals surface area contributed by atoms with Gasteiger partial charge >= 0.3 is 0 Å². The molecule has 0 aliphatic heterocycles. The van der Waals surface area contributed by atoms with Gasteiger partial charge in [-0.25, -0.2) is 0 Å². The maximum Gasteiger partial charge on any atom is 0.0191 e.